The van der Waals surface area contributed by atoms with Gasteiger partial charge in [0, 0.05) is 10.7 Å². The first-order chi connectivity index (χ1) is 14.1. The Morgan fingerprint density at radius 2 is 1.83 bits per heavy atom. The number of hydrogen-bond acceptors (Lipinski definition) is 6. The van der Waals surface area contributed by atoms with Crippen LogP contribution in [0.2, 0.25) is 5.02 Å². The van der Waals surface area contributed by atoms with E-state index in [-0.39, 0.29) is 6.61 Å². The van der Waals surface area contributed by atoms with Crippen molar-refractivity contribution >= 4 is 33.2 Å². The number of carbonyl (C=O) groups is 1. The van der Waals surface area contributed by atoms with E-state index >= 15 is 0 Å². The topological polar surface area (TPSA) is 115 Å². The van der Waals surface area contributed by atoms with E-state index in [1.807, 2.05) is 0 Å². The number of nitrogens with zero attached hydrogens (tertiary/aromatic N) is 3. The van der Waals surface area contributed by atoms with Gasteiger partial charge >= 0.3 is 0 Å². The third-order valence-electron chi connectivity index (χ3n) is 4.06. The second-order valence-electron chi connectivity index (χ2n) is 6.79. The van der Waals surface area contributed by atoms with Gasteiger partial charge in [0.15, 0.2) is 0 Å². The number of nitrogens with one attached hydrogen (secondary N) is 2. The van der Waals surface area contributed by atoms with Gasteiger partial charge in [-0.05, 0) is 55.5 Å². The number of halogens is 1. The van der Waals surface area contributed by atoms with Crippen LogP contribution in [0.3, 0.4) is 0 Å². The minimum absolute atomic E-state index is 0.234. The molecule has 0 fully saturated rings. The molecule has 1 atom stereocenters. The van der Waals surface area contributed by atoms with Crippen LogP contribution in [0, 0.1) is 0 Å². The zero-order valence-electron chi connectivity index (χ0n) is 16.2. The Hall–Kier alpha value is -2.95. The molecule has 0 bridgehead atoms. The lowest BCUT2D eigenvalue weighted by Gasteiger charge is -2.28. The Labute approximate surface area is 179 Å². The van der Waals surface area contributed by atoms with Crippen LogP contribution in [0.25, 0.3) is 5.69 Å². The number of rotatable bonds is 8. The standard InChI is InChI=1S/C19H20ClN5O4S/c1-19(24-30(2,27)28,18(26)23-15-5-3-14(20)4-6-15)11-29-17-9-7-16(8-10-17)25-13-21-12-22-25/h3-10,12-13,24H,11H2,1-2H3,(H,23,26). The second-order valence-corrected chi connectivity index (χ2v) is 8.97. The molecule has 0 spiro atoms. The SMILES string of the molecule is CC(COc1ccc(-n2cncn2)cc1)(NS(C)(=O)=O)C(=O)Nc1ccc(Cl)cc1. The van der Waals surface area contributed by atoms with Gasteiger partial charge in [-0.15, -0.1) is 0 Å². The van der Waals surface area contributed by atoms with Crippen molar-refractivity contribution in [2.75, 3.05) is 18.2 Å². The molecular weight excluding hydrogens is 430 g/mol. The summed E-state index contributed by atoms with van der Waals surface area (Å²) in [4.78, 5) is 16.7. The number of carbonyl (C=O) groups excluding carboxylic acids is 1. The van der Waals surface area contributed by atoms with E-state index < -0.39 is 21.5 Å². The highest BCUT2D eigenvalue weighted by Gasteiger charge is 2.37. The summed E-state index contributed by atoms with van der Waals surface area (Å²) in [5.74, 6) is -0.117. The van der Waals surface area contributed by atoms with Crippen molar-refractivity contribution in [2.45, 2.75) is 12.5 Å². The van der Waals surface area contributed by atoms with E-state index in [9.17, 15) is 13.2 Å². The van der Waals surface area contributed by atoms with Crippen molar-refractivity contribution < 1.29 is 17.9 Å². The van der Waals surface area contributed by atoms with Gasteiger partial charge in [0.1, 0.15) is 30.5 Å². The summed E-state index contributed by atoms with van der Waals surface area (Å²) in [7, 11) is -3.70. The van der Waals surface area contributed by atoms with E-state index in [1.54, 1.807) is 59.5 Å². The number of anilines is 1. The molecule has 1 amide bonds. The largest absolute Gasteiger partial charge is 0.491 e. The van der Waals surface area contributed by atoms with E-state index in [0.29, 0.717) is 16.5 Å². The van der Waals surface area contributed by atoms with Crippen molar-refractivity contribution in [1.29, 1.82) is 0 Å². The monoisotopic (exact) mass is 449 g/mol. The number of amides is 1. The summed E-state index contributed by atoms with van der Waals surface area (Å²) in [5, 5.41) is 7.23. The minimum Gasteiger partial charge on any atom is -0.491 e. The predicted octanol–water partition coefficient (Wildman–Crippen LogP) is 2.25. The van der Waals surface area contributed by atoms with Crippen LogP contribution in [0.15, 0.2) is 61.2 Å². The van der Waals surface area contributed by atoms with Crippen LogP contribution < -0.4 is 14.8 Å². The van der Waals surface area contributed by atoms with Gasteiger partial charge in [0.2, 0.25) is 15.9 Å². The first-order valence-corrected chi connectivity index (χ1v) is 11.1. The summed E-state index contributed by atoms with van der Waals surface area (Å²) in [6, 6.07) is 13.4. The Bertz CT molecular complexity index is 1100. The van der Waals surface area contributed by atoms with E-state index in [0.717, 1.165) is 11.9 Å². The molecule has 2 aromatic carbocycles. The van der Waals surface area contributed by atoms with Crippen LogP contribution in [0.4, 0.5) is 5.69 Å². The zero-order chi connectivity index (χ0) is 21.8. The van der Waals surface area contributed by atoms with Crippen LogP contribution in [0.1, 0.15) is 6.92 Å². The second kappa shape index (κ2) is 8.82. The van der Waals surface area contributed by atoms with Gasteiger partial charge in [-0.25, -0.2) is 18.1 Å². The summed E-state index contributed by atoms with van der Waals surface area (Å²) in [6.45, 7) is 1.21. The van der Waals surface area contributed by atoms with E-state index in [2.05, 4.69) is 20.1 Å². The molecule has 0 aliphatic heterocycles. The minimum atomic E-state index is -3.70. The molecule has 2 N–H and O–H groups in total. The Balaban J connectivity index is 1.74. The molecule has 1 heterocycles. The molecule has 11 heteroatoms. The Kier molecular flexibility index (Phi) is 6.40. The van der Waals surface area contributed by atoms with Gasteiger partial charge in [-0.3, -0.25) is 4.79 Å². The molecule has 1 aromatic heterocycles. The first-order valence-electron chi connectivity index (χ1n) is 8.78. The highest BCUT2D eigenvalue weighted by atomic mass is 35.5. The van der Waals surface area contributed by atoms with Crippen LogP contribution >= 0.6 is 11.6 Å². The summed E-state index contributed by atoms with van der Waals surface area (Å²) in [5.41, 5.74) is -0.307. The van der Waals surface area contributed by atoms with Gasteiger partial charge in [0.25, 0.3) is 0 Å². The number of hydrogen-bond donors (Lipinski definition) is 2. The van der Waals surface area contributed by atoms with Crippen molar-refractivity contribution in [3.8, 4) is 11.4 Å². The van der Waals surface area contributed by atoms with Gasteiger partial charge in [-0.1, -0.05) is 11.6 Å². The normalized spacial score (nSPS) is 13.4. The third kappa shape index (κ3) is 5.78. The first kappa shape index (κ1) is 21.8. The maximum Gasteiger partial charge on any atom is 0.248 e. The average Bonchev–Trinajstić information content (AvgIpc) is 3.22. The smallest absolute Gasteiger partial charge is 0.248 e. The number of ether oxygens (including phenoxy) is 1. The van der Waals surface area contributed by atoms with Crippen LogP contribution in [-0.4, -0.2) is 47.5 Å². The summed E-state index contributed by atoms with van der Waals surface area (Å²) < 4.78 is 33.4. The third-order valence-corrected chi connectivity index (χ3v) is 5.13. The van der Waals surface area contributed by atoms with Gasteiger partial charge in [0.05, 0.1) is 11.9 Å². The fourth-order valence-corrected chi connectivity index (χ4v) is 3.71. The fourth-order valence-electron chi connectivity index (χ4n) is 2.62. The summed E-state index contributed by atoms with van der Waals surface area (Å²) in [6.07, 6.45) is 3.96. The maximum absolute atomic E-state index is 12.9. The van der Waals surface area contributed by atoms with Gasteiger partial charge < -0.3 is 10.1 Å². The maximum atomic E-state index is 12.9. The lowest BCUT2D eigenvalue weighted by molar-refractivity contribution is -0.122. The number of sulfonamides is 1. The van der Waals surface area contributed by atoms with E-state index in [4.69, 9.17) is 16.3 Å². The molecule has 0 saturated carbocycles. The van der Waals surface area contributed by atoms with Crippen LogP contribution in [0.5, 0.6) is 5.75 Å². The number of aromatic nitrogens is 3. The quantitative estimate of drug-likeness (QED) is 0.545. The highest BCUT2D eigenvalue weighted by molar-refractivity contribution is 7.88. The highest BCUT2D eigenvalue weighted by Crippen LogP contribution is 2.19. The molecule has 0 aliphatic carbocycles. The van der Waals surface area contributed by atoms with Crippen molar-refractivity contribution in [2.24, 2.45) is 0 Å². The Morgan fingerprint density at radius 3 is 2.40 bits per heavy atom. The molecule has 30 heavy (non-hydrogen) atoms. The Morgan fingerprint density at radius 1 is 1.17 bits per heavy atom. The molecule has 1 unspecified atom stereocenters. The van der Waals surface area contributed by atoms with Crippen molar-refractivity contribution in [1.82, 2.24) is 19.5 Å². The zero-order valence-corrected chi connectivity index (χ0v) is 17.8. The lowest BCUT2D eigenvalue weighted by Crippen LogP contribution is -2.58. The predicted molar refractivity (Wildman–Crippen MR) is 113 cm³/mol. The summed E-state index contributed by atoms with van der Waals surface area (Å²) >= 11 is 5.85. The fraction of sp³-hybridized carbons (Fsp3) is 0.211. The van der Waals surface area contributed by atoms with Crippen molar-refractivity contribution in [3.63, 3.8) is 0 Å². The molecule has 9 nitrogen and oxygen atoms in total. The lowest BCUT2D eigenvalue weighted by atomic mass is 10.0. The molecular formula is C19H20ClN5O4S. The number of benzene rings is 2. The molecule has 3 rings (SSSR count). The molecule has 0 aliphatic rings. The molecule has 3 aromatic rings. The van der Waals surface area contributed by atoms with Gasteiger partial charge in [-0.2, -0.15) is 9.82 Å². The molecule has 0 radical (unpaired) electrons. The van der Waals surface area contributed by atoms with E-state index in [1.165, 1.54) is 13.3 Å². The molecule has 158 valence electrons. The van der Waals surface area contributed by atoms with Crippen molar-refractivity contribution in [3.05, 3.63) is 66.2 Å². The average molecular weight is 450 g/mol. The molecule has 0 saturated heterocycles. The van der Waals surface area contributed by atoms with Crippen LogP contribution in [-0.2, 0) is 14.8 Å².